The van der Waals surface area contributed by atoms with Gasteiger partial charge in [-0.05, 0) is 71.5 Å². The van der Waals surface area contributed by atoms with Crippen molar-refractivity contribution in [2.24, 2.45) is 0 Å². The number of aliphatic hydroxyl groups is 1. The number of hydrogen-bond acceptors (Lipinski definition) is 5. The zero-order valence-corrected chi connectivity index (χ0v) is 22.5. The van der Waals surface area contributed by atoms with Crippen LogP contribution in [0.25, 0.3) is 5.76 Å². The molecule has 6 nitrogen and oxygen atoms in total. The minimum absolute atomic E-state index is 0.0552. The molecule has 1 fully saturated rings. The molecule has 3 aromatic rings. The van der Waals surface area contributed by atoms with Crippen molar-refractivity contribution in [2.45, 2.75) is 39.2 Å². The van der Waals surface area contributed by atoms with Crippen LogP contribution >= 0.6 is 0 Å². The van der Waals surface area contributed by atoms with Gasteiger partial charge in [0.1, 0.15) is 11.5 Å². The third-order valence-corrected chi connectivity index (χ3v) is 6.85. The lowest BCUT2D eigenvalue weighted by Gasteiger charge is -2.27. The number of ketones is 1. The van der Waals surface area contributed by atoms with Crippen molar-refractivity contribution >= 4 is 28.8 Å². The molecule has 4 rings (SSSR count). The lowest BCUT2D eigenvalue weighted by molar-refractivity contribution is -0.132. The lowest BCUT2D eigenvalue weighted by Crippen LogP contribution is -2.29. The van der Waals surface area contributed by atoms with Crippen LogP contribution in [-0.2, 0) is 15.0 Å². The Morgan fingerprint density at radius 1 is 0.946 bits per heavy atom. The molecule has 0 aromatic heterocycles. The van der Waals surface area contributed by atoms with Crippen LogP contribution in [0.5, 0.6) is 5.75 Å². The smallest absolute Gasteiger partial charge is 0.300 e. The Balaban J connectivity index is 1.90. The molecule has 6 heteroatoms. The first-order valence-corrected chi connectivity index (χ1v) is 12.3. The molecule has 1 amide bonds. The Morgan fingerprint density at radius 3 is 2.08 bits per heavy atom. The molecular weight excluding hydrogens is 464 g/mol. The summed E-state index contributed by atoms with van der Waals surface area (Å²) in [6.07, 6.45) is 0. The topological polar surface area (TPSA) is 70.1 Å². The van der Waals surface area contributed by atoms with Crippen LogP contribution in [0, 0.1) is 6.92 Å². The fourth-order valence-corrected chi connectivity index (χ4v) is 4.67. The van der Waals surface area contributed by atoms with Crippen LogP contribution in [0.1, 0.15) is 49.1 Å². The van der Waals surface area contributed by atoms with E-state index in [9.17, 15) is 14.7 Å². The molecule has 1 N–H and O–H groups in total. The van der Waals surface area contributed by atoms with Crippen molar-refractivity contribution in [2.75, 3.05) is 31.0 Å². The molecule has 0 bridgehead atoms. The largest absolute Gasteiger partial charge is 0.507 e. The summed E-state index contributed by atoms with van der Waals surface area (Å²) in [5.41, 5.74) is 4.71. The Labute approximate surface area is 218 Å². The minimum Gasteiger partial charge on any atom is -0.507 e. The maximum absolute atomic E-state index is 13.5. The maximum atomic E-state index is 13.5. The highest BCUT2D eigenvalue weighted by Gasteiger charge is 2.47. The number of anilines is 2. The average molecular weight is 499 g/mol. The van der Waals surface area contributed by atoms with Crippen molar-refractivity contribution in [1.82, 2.24) is 0 Å². The van der Waals surface area contributed by atoms with E-state index in [4.69, 9.17) is 4.74 Å². The molecule has 1 aliphatic rings. The van der Waals surface area contributed by atoms with E-state index in [1.165, 1.54) is 4.90 Å². The molecule has 1 atom stereocenters. The van der Waals surface area contributed by atoms with Gasteiger partial charge in [0.05, 0.1) is 18.7 Å². The van der Waals surface area contributed by atoms with E-state index in [1.807, 2.05) is 74.4 Å². The number of benzene rings is 3. The number of Topliss-reactive ketones (excluding diaryl/α,β-unsaturated/α-hetero) is 1. The molecule has 0 spiro atoms. The summed E-state index contributed by atoms with van der Waals surface area (Å²) in [6, 6.07) is 19.8. The predicted octanol–water partition coefficient (Wildman–Crippen LogP) is 5.99. The summed E-state index contributed by atoms with van der Waals surface area (Å²) in [7, 11) is 5.48. The molecule has 0 radical (unpaired) electrons. The van der Waals surface area contributed by atoms with Gasteiger partial charge in [-0.2, -0.15) is 0 Å². The second-order valence-electron chi connectivity index (χ2n) is 10.6. The van der Waals surface area contributed by atoms with Crippen molar-refractivity contribution < 1.29 is 19.4 Å². The first-order valence-electron chi connectivity index (χ1n) is 12.3. The van der Waals surface area contributed by atoms with E-state index in [1.54, 1.807) is 25.3 Å². The van der Waals surface area contributed by atoms with Gasteiger partial charge in [0.15, 0.2) is 0 Å². The highest BCUT2D eigenvalue weighted by molar-refractivity contribution is 6.51. The molecule has 3 aromatic carbocycles. The molecule has 1 saturated heterocycles. The van der Waals surface area contributed by atoms with E-state index in [0.717, 1.165) is 22.4 Å². The Morgan fingerprint density at radius 2 is 1.57 bits per heavy atom. The van der Waals surface area contributed by atoms with Gasteiger partial charge in [-0.1, -0.05) is 45.0 Å². The van der Waals surface area contributed by atoms with E-state index in [2.05, 4.69) is 20.8 Å². The predicted molar refractivity (Wildman–Crippen MR) is 148 cm³/mol. The Hall–Kier alpha value is -4.06. The van der Waals surface area contributed by atoms with Crippen LogP contribution < -0.4 is 14.5 Å². The number of carbonyl (C=O) groups excluding carboxylic acids is 2. The van der Waals surface area contributed by atoms with E-state index < -0.39 is 17.7 Å². The molecular formula is C31H34N2O4. The summed E-state index contributed by atoms with van der Waals surface area (Å²) in [5.74, 6) is -0.920. The van der Waals surface area contributed by atoms with Crippen molar-refractivity contribution in [1.29, 1.82) is 0 Å². The summed E-state index contributed by atoms with van der Waals surface area (Å²) >= 11 is 0. The van der Waals surface area contributed by atoms with Gasteiger partial charge < -0.3 is 14.7 Å². The number of methoxy groups -OCH3 is 1. The van der Waals surface area contributed by atoms with Gasteiger partial charge in [-0.3, -0.25) is 14.5 Å². The van der Waals surface area contributed by atoms with Gasteiger partial charge in [0.25, 0.3) is 11.7 Å². The third-order valence-electron chi connectivity index (χ3n) is 6.85. The fraction of sp³-hybridized carbons (Fsp3) is 0.290. The van der Waals surface area contributed by atoms with E-state index in [0.29, 0.717) is 17.0 Å². The molecule has 37 heavy (non-hydrogen) atoms. The van der Waals surface area contributed by atoms with Crippen LogP contribution in [0.4, 0.5) is 11.4 Å². The SMILES string of the molecule is COc1ccc(/C(O)=C2/C(=O)C(=O)N(c3ccc(C(C)(C)C)cc3)C2c2ccc(N(C)C)cc2)cc1C. The average Bonchev–Trinajstić information content (AvgIpc) is 3.13. The highest BCUT2D eigenvalue weighted by Crippen LogP contribution is 2.43. The number of ether oxygens (including phenoxy) is 1. The monoisotopic (exact) mass is 498 g/mol. The van der Waals surface area contributed by atoms with Crippen LogP contribution in [-0.4, -0.2) is 38.0 Å². The van der Waals surface area contributed by atoms with Crippen LogP contribution in [0.2, 0.25) is 0 Å². The quantitative estimate of drug-likeness (QED) is 0.266. The van der Waals surface area contributed by atoms with Gasteiger partial charge in [0, 0.05) is 31.0 Å². The number of amides is 1. The molecule has 1 unspecified atom stereocenters. The second-order valence-corrected chi connectivity index (χ2v) is 10.6. The number of carbonyl (C=O) groups is 2. The van der Waals surface area contributed by atoms with Gasteiger partial charge in [-0.25, -0.2) is 0 Å². The summed E-state index contributed by atoms with van der Waals surface area (Å²) in [5, 5.41) is 11.4. The van der Waals surface area contributed by atoms with Crippen molar-refractivity contribution in [3.8, 4) is 5.75 Å². The number of aliphatic hydroxyl groups excluding tert-OH is 1. The number of rotatable bonds is 5. The summed E-state index contributed by atoms with van der Waals surface area (Å²) in [4.78, 5) is 30.4. The fourth-order valence-electron chi connectivity index (χ4n) is 4.67. The van der Waals surface area contributed by atoms with Gasteiger partial charge >= 0.3 is 0 Å². The Bertz CT molecular complexity index is 1360. The standard InChI is InChI=1S/C31H34N2O4/c1-19-18-21(10-17-25(19)37-7)28(34)26-27(20-8-13-23(14-9-20)32(5)6)33(30(36)29(26)35)24-15-11-22(12-16-24)31(2,3)4/h8-18,27,34H,1-7H3/b28-26-. The Kier molecular flexibility index (Phi) is 6.87. The molecule has 1 heterocycles. The van der Waals surface area contributed by atoms with Crippen molar-refractivity contribution in [3.05, 3.63) is 94.6 Å². The second kappa shape index (κ2) is 9.77. The van der Waals surface area contributed by atoms with Crippen LogP contribution in [0.3, 0.4) is 0 Å². The third kappa shape index (κ3) is 4.84. The zero-order chi connectivity index (χ0) is 27.1. The number of hydrogen-bond donors (Lipinski definition) is 1. The first-order chi connectivity index (χ1) is 17.4. The van der Waals surface area contributed by atoms with Crippen molar-refractivity contribution in [3.63, 3.8) is 0 Å². The number of nitrogens with zero attached hydrogens (tertiary/aromatic N) is 2. The minimum atomic E-state index is -0.779. The summed E-state index contributed by atoms with van der Waals surface area (Å²) < 4.78 is 5.34. The van der Waals surface area contributed by atoms with Gasteiger partial charge in [0.2, 0.25) is 0 Å². The maximum Gasteiger partial charge on any atom is 0.300 e. The van der Waals surface area contributed by atoms with E-state index in [-0.39, 0.29) is 16.7 Å². The first kappa shape index (κ1) is 26.0. The van der Waals surface area contributed by atoms with E-state index >= 15 is 0 Å². The summed E-state index contributed by atoms with van der Waals surface area (Å²) in [6.45, 7) is 8.23. The number of aryl methyl sites for hydroxylation is 1. The highest BCUT2D eigenvalue weighted by atomic mass is 16.5. The normalized spacial score (nSPS) is 17.3. The van der Waals surface area contributed by atoms with Crippen LogP contribution in [0.15, 0.2) is 72.3 Å². The molecule has 0 saturated carbocycles. The van der Waals surface area contributed by atoms with Gasteiger partial charge in [-0.15, -0.1) is 0 Å². The lowest BCUT2D eigenvalue weighted by atomic mass is 9.87. The molecule has 192 valence electrons. The molecule has 1 aliphatic heterocycles. The molecule has 0 aliphatic carbocycles. The zero-order valence-electron chi connectivity index (χ0n) is 22.5.